The molecule has 160 valence electrons. The van der Waals surface area contributed by atoms with Gasteiger partial charge in [0.2, 0.25) is 5.91 Å². The SMILES string of the molecule is Cc1ccccc1-c1ccc(N2CCC(C(=O)NCCc3ccc(Cl)cc3)CC2)nn1. The molecule has 0 saturated carbocycles. The predicted molar refractivity (Wildman–Crippen MR) is 125 cm³/mol. The molecule has 31 heavy (non-hydrogen) atoms. The van der Waals surface area contributed by atoms with Crippen LogP contribution in [0.1, 0.15) is 24.0 Å². The number of rotatable bonds is 6. The number of halogens is 1. The van der Waals surface area contributed by atoms with E-state index in [9.17, 15) is 4.79 Å². The minimum atomic E-state index is 0.0562. The number of hydrogen-bond donors (Lipinski definition) is 1. The summed E-state index contributed by atoms with van der Waals surface area (Å²) in [4.78, 5) is 14.8. The molecular formula is C25H27ClN4O. The van der Waals surface area contributed by atoms with Crippen LogP contribution >= 0.6 is 11.6 Å². The van der Waals surface area contributed by atoms with Crippen molar-refractivity contribution in [2.45, 2.75) is 26.2 Å². The van der Waals surface area contributed by atoms with Crippen molar-refractivity contribution < 1.29 is 4.79 Å². The average molecular weight is 435 g/mol. The molecular weight excluding hydrogens is 408 g/mol. The van der Waals surface area contributed by atoms with Crippen molar-refractivity contribution in [2.24, 2.45) is 5.92 Å². The number of aryl methyl sites for hydroxylation is 1. The lowest BCUT2D eigenvalue weighted by molar-refractivity contribution is -0.125. The van der Waals surface area contributed by atoms with Crippen molar-refractivity contribution in [3.8, 4) is 11.3 Å². The summed E-state index contributed by atoms with van der Waals surface area (Å²) in [6.45, 7) is 4.35. The molecule has 0 aliphatic carbocycles. The van der Waals surface area contributed by atoms with Gasteiger partial charge in [-0.2, -0.15) is 0 Å². The summed E-state index contributed by atoms with van der Waals surface area (Å²) in [5, 5.41) is 12.7. The Kier molecular flexibility index (Phi) is 6.82. The lowest BCUT2D eigenvalue weighted by Gasteiger charge is -2.31. The van der Waals surface area contributed by atoms with E-state index in [1.807, 2.05) is 48.5 Å². The Hall–Kier alpha value is -2.92. The van der Waals surface area contributed by atoms with Crippen LogP contribution < -0.4 is 10.2 Å². The van der Waals surface area contributed by atoms with Crippen LogP contribution in [0.3, 0.4) is 0 Å². The number of hydrogen-bond acceptors (Lipinski definition) is 4. The van der Waals surface area contributed by atoms with Gasteiger partial charge in [0.15, 0.2) is 5.82 Å². The van der Waals surface area contributed by atoms with Crippen LogP contribution in [0.5, 0.6) is 0 Å². The molecule has 0 bridgehead atoms. The fraction of sp³-hybridized carbons (Fsp3) is 0.320. The molecule has 0 spiro atoms. The molecule has 1 amide bonds. The smallest absolute Gasteiger partial charge is 0.223 e. The highest BCUT2D eigenvalue weighted by atomic mass is 35.5. The quantitative estimate of drug-likeness (QED) is 0.612. The molecule has 3 aromatic rings. The minimum Gasteiger partial charge on any atom is -0.356 e. The summed E-state index contributed by atoms with van der Waals surface area (Å²) in [5.74, 6) is 1.08. The monoisotopic (exact) mass is 434 g/mol. The van der Waals surface area contributed by atoms with Crippen molar-refractivity contribution in [3.63, 3.8) is 0 Å². The molecule has 2 aromatic carbocycles. The number of amides is 1. The third-order valence-electron chi connectivity index (χ3n) is 5.89. The second-order valence-electron chi connectivity index (χ2n) is 8.02. The number of carbonyl (C=O) groups excluding carboxylic acids is 1. The summed E-state index contributed by atoms with van der Waals surface area (Å²) >= 11 is 5.91. The first-order valence-corrected chi connectivity index (χ1v) is 11.1. The molecule has 0 radical (unpaired) electrons. The van der Waals surface area contributed by atoms with Crippen molar-refractivity contribution in [1.82, 2.24) is 15.5 Å². The molecule has 1 aliphatic rings. The van der Waals surface area contributed by atoms with Crippen LogP contribution in [0.4, 0.5) is 5.82 Å². The van der Waals surface area contributed by atoms with Crippen LogP contribution in [0, 0.1) is 12.8 Å². The number of nitrogens with one attached hydrogen (secondary N) is 1. The lowest BCUT2D eigenvalue weighted by atomic mass is 9.96. The first kappa shape index (κ1) is 21.3. The van der Waals surface area contributed by atoms with Crippen LogP contribution in [0.2, 0.25) is 5.02 Å². The fourth-order valence-electron chi connectivity index (χ4n) is 3.99. The van der Waals surface area contributed by atoms with E-state index < -0.39 is 0 Å². The Labute approximate surface area is 188 Å². The summed E-state index contributed by atoms with van der Waals surface area (Å²) < 4.78 is 0. The molecule has 1 aliphatic heterocycles. The van der Waals surface area contributed by atoms with Crippen molar-refractivity contribution >= 4 is 23.3 Å². The highest BCUT2D eigenvalue weighted by Crippen LogP contribution is 2.25. The summed E-state index contributed by atoms with van der Waals surface area (Å²) in [6.07, 6.45) is 2.46. The molecule has 1 aromatic heterocycles. The van der Waals surface area contributed by atoms with Crippen LogP contribution in [0.15, 0.2) is 60.7 Å². The van der Waals surface area contributed by atoms with Crippen LogP contribution in [-0.4, -0.2) is 35.7 Å². The zero-order valence-corrected chi connectivity index (χ0v) is 18.5. The Balaban J connectivity index is 1.26. The normalized spacial score (nSPS) is 14.5. The van der Waals surface area contributed by atoms with Gasteiger partial charge in [-0.25, -0.2) is 0 Å². The van der Waals surface area contributed by atoms with Crippen LogP contribution in [0.25, 0.3) is 11.3 Å². The Morgan fingerprint density at radius 3 is 2.45 bits per heavy atom. The van der Waals surface area contributed by atoms with Crippen LogP contribution in [-0.2, 0) is 11.2 Å². The van der Waals surface area contributed by atoms with Gasteiger partial charge in [0.1, 0.15) is 0 Å². The molecule has 5 nitrogen and oxygen atoms in total. The molecule has 1 fully saturated rings. The maximum Gasteiger partial charge on any atom is 0.223 e. The number of benzene rings is 2. The van der Waals surface area contributed by atoms with E-state index in [0.717, 1.165) is 54.4 Å². The predicted octanol–water partition coefficient (Wildman–Crippen LogP) is 4.68. The van der Waals surface area contributed by atoms with E-state index in [4.69, 9.17) is 11.6 Å². The highest BCUT2D eigenvalue weighted by Gasteiger charge is 2.25. The van der Waals surface area contributed by atoms with Gasteiger partial charge >= 0.3 is 0 Å². The van der Waals surface area contributed by atoms with E-state index in [-0.39, 0.29) is 11.8 Å². The maximum atomic E-state index is 12.5. The van der Waals surface area contributed by atoms with Gasteiger partial charge in [-0.3, -0.25) is 4.79 Å². The zero-order chi connectivity index (χ0) is 21.6. The topological polar surface area (TPSA) is 58.1 Å². The largest absolute Gasteiger partial charge is 0.356 e. The number of carbonyl (C=O) groups is 1. The molecule has 6 heteroatoms. The minimum absolute atomic E-state index is 0.0562. The van der Waals surface area contributed by atoms with Crippen molar-refractivity contribution in [1.29, 1.82) is 0 Å². The van der Waals surface area contributed by atoms with Gasteiger partial charge in [-0.05, 0) is 61.6 Å². The van der Waals surface area contributed by atoms with Crippen molar-refractivity contribution in [2.75, 3.05) is 24.5 Å². The molecule has 4 rings (SSSR count). The number of piperidine rings is 1. The second-order valence-corrected chi connectivity index (χ2v) is 8.46. The molecule has 2 heterocycles. The van der Waals surface area contributed by atoms with E-state index in [1.54, 1.807) is 0 Å². The molecule has 0 atom stereocenters. The van der Waals surface area contributed by atoms with Gasteiger partial charge < -0.3 is 10.2 Å². The lowest BCUT2D eigenvalue weighted by Crippen LogP contribution is -2.41. The Morgan fingerprint density at radius 2 is 1.77 bits per heavy atom. The second kappa shape index (κ2) is 9.92. The zero-order valence-electron chi connectivity index (χ0n) is 17.7. The Bertz CT molecular complexity index is 1010. The van der Waals surface area contributed by atoms with Gasteiger partial charge in [-0.15, -0.1) is 10.2 Å². The number of aromatic nitrogens is 2. The standard InChI is InChI=1S/C25H27ClN4O/c1-18-4-2-3-5-22(18)23-10-11-24(29-28-23)30-16-13-20(14-17-30)25(31)27-15-12-19-6-8-21(26)9-7-19/h2-11,20H,12-17H2,1H3,(H,27,31). The number of anilines is 1. The maximum absolute atomic E-state index is 12.5. The van der Waals surface area contributed by atoms with Gasteiger partial charge in [-0.1, -0.05) is 48.0 Å². The molecule has 1 N–H and O–H groups in total. The van der Waals surface area contributed by atoms with E-state index in [2.05, 4.69) is 39.5 Å². The van der Waals surface area contributed by atoms with E-state index in [0.29, 0.717) is 6.54 Å². The highest BCUT2D eigenvalue weighted by molar-refractivity contribution is 6.30. The average Bonchev–Trinajstić information content (AvgIpc) is 2.81. The first-order valence-electron chi connectivity index (χ1n) is 10.8. The summed E-state index contributed by atoms with van der Waals surface area (Å²) in [7, 11) is 0. The third-order valence-corrected chi connectivity index (χ3v) is 6.14. The first-order chi connectivity index (χ1) is 15.1. The fourth-order valence-corrected chi connectivity index (χ4v) is 4.12. The number of nitrogens with zero attached hydrogens (tertiary/aromatic N) is 3. The van der Waals surface area contributed by atoms with E-state index >= 15 is 0 Å². The molecule has 1 saturated heterocycles. The van der Waals surface area contributed by atoms with Crippen molar-refractivity contribution in [3.05, 3.63) is 76.8 Å². The van der Waals surface area contributed by atoms with E-state index in [1.165, 1.54) is 11.1 Å². The summed E-state index contributed by atoms with van der Waals surface area (Å²) in [6, 6.07) is 20.0. The third kappa shape index (κ3) is 5.42. The Morgan fingerprint density at radius 1 is 1.03 bits per heavy atom. The van der Waals surface area contributed by atoms with Gasteiger partial charge in [0.05, 0.1) is 5.69 Å². The summed E-state index contributed by atoms with van der Waals surface area (Å²) in [5.41, 5.74) is 4.35. The van der Waals surface area contributed by atoms with Gasteiger partial charge in [0.25, 0.3) is 0 Å². The molecule has 0 unspecified atom stereocenters. The van der Waals surface area contributed by atoms with Gasteiger partial charge in [0, 0.05) is 36.1 Å².